The molecule has 154 valence electrons. The summed E-state index contributed by atoms with van der Waals surface area (Å²) in [5.41, 5.74) is 1.29. The van der Waals surface area contributed by atoms with Crippen LogP contribution < -0.4 is 10.2 Å². The maximum Gasteiger partial charge on any atom is 0.253 e. The van der Waals surface area contributed by atoms with Gasteiger partial charge < -0.3 is 15.0 Å². The van der Waals surface area contributed by atoms with E-state index >= 15 is 0 Å². The maximum absolute atomic E-state index is 13.1. The second-order valence-corrected chi connectivity index (χ2v) is 9.93. The van der Waals surface area contributed by atoms with Crippen molar-refractivity contribution in [1.29, 1.82) is 0 Å². The molecule has 2 heterocycles. The SMILES string of the molecule is C[C@H](NC(=O)c1cc(S(=O)(=O)N2CCOCC2)ccc1N1CCCC1)C1CC1. The van der Waals surface area contributed by atoms with Gasteiger partial charge in [-0.05, 0) is 56.7 Å². The molecule has 2 saturated heterocycles. The first kappa shape index (κ1) is 19.7. The van der Waals surface area contributed by atoms with E-state index in [-0.39, 0.29) is 16.8 Å². The van der Waals surface area contributed by atoms with Crippen LogP contribution in [0, 0.1) is 5.92 Å². The molecular formula is C20H29N3O4S. The van der Waals surface area contributed by atoms with Gasteiger partial charge in [0.05, 0.1) is 23.7 Å². The quantitative estimate of drug-likeness (QED) is 0.778. The second-order valence-electron chi connectivity index (χ2n) is 7.99. The second kappa shape index (κ2) is 8.00. The third-order valence-corrected chi connectivity index (χ3v) is 7.85. The molecule has 1 amide bonds. The molecule has 2 aliphatic heterocycles. The number of ether oxygens (including phenoxy) is 1. The molecular weight excluding hydrogens is 378 g/mol. The van der Waals surface area contributed by atoms with E-state index in [0.29, 0.717) is 37.8 Å². The zero-order valence-corrected chi connectivity index (χ0v) is 17.2. The summed E-state index contributed by atoms with van der Waals surface area (Å²) in [6.45, 7) is 5.31. The summed E-state index contributed by atoms with van der Waals surface area (Å²) < 4.78 is 32.8. The molecule has 1 aromatic rings. The Bertz CT molecular complexity index is 826. The molecule has 1 N–H and O–H groups in total. The maximum atomic E-state index is 13.1. The van der Waals surface area contributed by atoms with Crippen LogP contribution in [0.2, 0.25) is 0 Å². The molecule has 0 radical (unpaired) electrons. The highest BCUT2D eigenvalue weighted by molar-refractivity contribution is 7.89. The average Bonchev–Trinajstić information content (AvgIpc) is 3.43. The lowest BCUT2D eigenvalue weighted by Crippen LogP contribution is -2.41. The average molecular weight is 408 g/mol. The Morgan fingerprint density at radius 3 is 2.46 bits per heavy atom. The topological polar surface area (TPSA) is 79.0 Å². The van der Waals surface area contributed by atoms with Crippen LogP contribution in [-0.4, -0.2) is 64.1 Å². The van der Waals surface area contributed by atoms with Crippen LogP contribution in [-0.2, 0) is 14.8 Å². The number of nitrogens with one attached hydrogen (secondary N) is 1. The molecule has 1 atom stereocenters. The van der Waals surface area contributed by atoms with E-state index in [9.17, 15) is 13.2 Å². The van der Waals surface area contributed by atoms with Gasteiger partial charge in [-0.2, -0.15) is 4.31 Å². The minimum absolute atomic E-state index is 0.110. The molecule has 8 heteroatoms. The molecule has 28 heavy (non-hydrogen) atoms. The molecule has 0 unspecified atom stereocenters. The van der Waals surface area contributed by atoms with Gasteiger partial charge in [0.15, 0.2) is 0 Å². The van der Waals surface area contributed by atoms with Gasteiger partial charge in [0, 0.05) is 37.9 Å². The van der Waals surface area contributed by atoms with Crippen molar-refractivity contribution in [3.63, 3.8) is 0 Å². The predicted octanol–water partition coefficient (Wildman–Crippen LogP) is 1.84. The van der Waals surface area contributed by atoms with Crippen molar-refractivity contribution in [3.8, 4) is 0 Å². The van der Waals surface area contributed by atoms with Crippen LogP contribution in [0.1, 0.15) is 43.0 Å². The first-order valence-corrected chi connectivity index (χ1v) is 11.7. The highest BCUT2D eigenvalue weighted by atomic mass is 32.2. The zero-order chi connectivity index (χ0) is 19.7. The van der Waals surface area contributed by atoms with E-state index in [1.165, 1.54) is 4.31 Å². The lowest BCUT2D eigenvalue weighted by Gasteiger charge is -2.27. The van der Waals surface area contributed by atoms with Crippen LogP contribution in [0.25, 0.3) is 0 Å². The van der Waals surface area contributed by atoms with E-state index in [0.717, 1.165) is 44.5 Å². The number of benzene rings is 1. The normalized spacial score (nSPS) is 22.2. The van der Waals surface area contributed by atoms with Gasteiger partial charge in [0.25, 0.3) is 5.91 Å². The third kappa shape index (κ3) is 4.04. The van der Waals surface area contributed by atoms with Gasteiger partial charge in [-0.3, -0.25) is 4.79 Å². The minimum atomic E-state index is -3.64. The predicted molar refractivity (Wildman–Crippen MR) is 107 cm³/mol. The first-order valence-electron chi connectivity index (χ1n) is 10.2. The number of rotatable bonds is 6. The van der Waals surface area contributed by atoms with Crippen molar-refractivity contribution in [2.24, 2.45) is 5.92 Å². The van der Waals surface area contributed by atoms with Crippen molar-refractivity contribution in [3.05, 3.63) is 23.8 Å². The number of sulfonamides is 1. The molecule has 0 aromatic heterocycles. The fraction of sp³-hybridized carbons (Fsp3) is 0.650. The van der Waals surface area contributed by atoms with Crippen molar-refractivity contribution >= 4 is 21.6 Å². The van der Waals surface area contributed by atoms with Crippen molar-refractivity contribution in [1.82, 2.24) is 9.62 Å². The van der Waals surface area contributed by atoms with Gasteiger partial charge in [-0.25, -0.2) is 8.42 Å². The Morgan fingerprint density at radius 1 is 1.14 bits per heavy atom. The molecule has 0 bridgehead atoms. The number of amides is 1. The van der Waals surface area contributed by atoms with E-state index in [1.54, 1.807) is 18.2 Å². The highest BCUT2D eigenvalue weighted by Gasteiger charge is 2.32. The summed E-state index contributed by atoms with van der Waals surface area (Å²) in [6.07, 6.45) is 4.47. The summed E-state index contributed by atoms with van der Waals surface area (Å²) in [5.74, 6) is 0.361. The van der Waals surface area contributed by atoms with E-state index in [2.05, 4.69) is 10.2 Å². The number of nitrogens with zero attached hydrogens (tertiary/aromatic N) is 2. The Morgan fingerprint density at radius 2 is 1.82 bits per heavy atom. The largest absolute Gasteiger partial charge is 0.379 e. The fourth-order valence-electron chi connectivity index (χ4n) is 4.03. The summed E-state index contributed by atoms with van der Waals surface area (Å²) in [7, 11) is -3.64. The van der Waals surface area contributed by atoms with Crippen LogP contribution in [0.3, 0.4) is 0 Å². The number of hydrogen-bond donors (Lipinski definition) is 1. The van der Waals surface area contributed by atoms with Gasteiger partial charge >= 0.3 is 0 Å². The van der Waals surface area contributed by atoms with Crippen LogP contribution in [0.15, 0.2) is 23.1 Å². The van der Waals surface area contributed by atoms with E-state index in [1.807, 2.05) is 6.92 Å². The minimum Gasteiger partial charge on any atom is -0.379 e. The standard InChI is InChI=1S/C20H29N3O4S/c1-15(16-4-5-16)21-20(24)18-14-17(6-7-19(18)22-8-2-3-9-22)28(25,26)23-10-12-27-13-11-23/h6-7,14-16H,2-5,8-13H2,1H3,(H,21,24)/t15-/m0/s1. The van der Waals surface area contributed by atoms with Crippen molar-refractivity contribution in [2.45, 2.75) is 43.5 Å². The lowest BCUT2D eigenvalue weighted by atomic mass is 10.1. The smallest absolute Gasteiger partial charge is 0.253 e. The zero-order valence-electron chi connectivity index (χ0n) is 16.4. The highest BCUT2D eigenvalue weighted by Crippen LogP contribution is 2.33. The summed E-state index contributed by atoms with van der Waals surface area (Å²) in [5, 5.41) is 3.09. The summed E-state index contributed by atoms with van der Waals surface area (Å²) >= 11 is 0. The number of hydrogen-bond acceptors (Lipinski definition) is 5. The van der Waals surface area contributed by atoms with E-state index in [4.69, 9.17) is 4.74 Å². The number of carbonyl (C=O) groups excluding carboxylic acids is 1. The van der Waals surface area contributed by atoms with Gasteiger partial charge in [-0.15, -0.1) is 0 Å². The molecule has 1 aliphatic carbocycles. The Labute approximate surface area is 167 Å². The van der Waals surface area contributed by atoms with Crippen molar-refractivity contribution < 1.29 is 17.9 Å². The molecule has 3 fully saturated rings. The van der Waals surface area contributed by atoms with Gasteiger partial charge in [0.1, 0.15) is 0 Å². The molecule has 3 aliphatic rings. The lowest BCUT2D eigenvalue weighted by molar-refractivity contribution is 0.0730. The molecule has 0 spiro atoms. The molecule has 1 aromatic carbocycles. The number of anilines is 1. The van der Waals surface area contributed by atoms with Gasteiger partial charge in [0.2, 0.25) is 10.0 Å². The molecule has 1 saturated carbocycles. The monoisotopic (exact) mass is 407 g/mol. The number of morpholine rings is 1. The van der Waals surface area contributed by atoms with Crippen LogP contribution >= 0.6 is 0 Å². The fourth-order valence-corrected chi connectivity index (χ4v) is 5.46. The van der Waals surface area contributed by atoms with Crippen LogP contribution in [0.5, 0.6) is 0 Å². The number of carbonyl (C=O) groups is 1. The van der Waals surface area contributed by atoms with Crippen LogP contribution in [0.4, 0.5) is 5.69 Å². The Balaban J connectivity index is 1.65. The summed E-state index contributed by atoms with van der Waals surface area (Å²) in [4.78, 5) is 15.4. The Hall–Kier alpha value is -1.64. The molecule has 7 nitrogen and oxygen atoms in total. The van der Waals surface area contributed by atoms with Crippen molar-refractivity contribution in [2.75, 3.05) is 44.3 Å². The Kier molecular flexibility index (Phi) is 5.62. The van der Waals surface area contributed by atoms with E-state index < -0.39 is 10.0 Å². The van der Waals surface area contributed by atoms with Gasteiger partial charge in [-0.1, -0.05) is 0 Å². The first-order chi connectivity index (χ1) is 13.5. The molecule has 4 rings (SSSR count). The third-order valence-electron chi connectivity index (χ3n) is 5.96. The summed E-state index contributed by atoms with van der Waals surface area (Å²) in [6, 6.07) is 5.11.